The zero-order chi connectivity index (χ0) is 16.7. The first kappa shape index (κ1) is 16.8. The number of furan rings is 1. The Labute approximate surface area is 140 Å². The van der Waals surface area contributed by atoms with Gasteiger partial charge >= 0.3 is 0 Å². The van der Waals surface area contributed by atoms with Crippen LogP contribution in [0.3, 0.4) is 0 Å². The minimum absolute atomic E-state index is 0.116. The zero-order valence-electron chi connectivity index (χ0n) is 12.0. The molecule has 3 amide bonds. The van der Waals surface area contributed by atoms with Crippen LogP contribution in [-0.2, 0) is 9.59 Å². The topological polar surface area (TPSA) is 100 Å². The van der Waals surface area contributed by atoms with E-state index >= 15 is 0 Å². The third-order valence-corrected chi connectivity index (χ3v) is 3.20. The average Bonchev–Trinajstić information content (AvgIpc) is 3.05. The molecule has 0 fully saturated rings. The molecule has 0 saturated heterocycles. The molecule has 1 aromatic carbocycles. The van der Waals surface area contributed by atoms with E-state index in [1.165, 1.54) is 12.3 Å². The van der Waals surface area contributed by atoms with Crippen molar-refractivity contribution in [3.8, 4) is 0 Å². The quantitative estimate of drug-likeness (QED) is 0.708. The van der Waals surface area contributed by atoms with Gasteiger partial charge in [0.1, 0.15) is 0 Å². The molecule has 0 saturated carbocycles. The van der Waals surface area contributed by atoms with E-state index in [2.05, 4.69) is 31.9 Å². The van der Waals surface area contributed by atoms with Crippen LogP contribution in [0.25, 0.3) is 0 Å². The number of nitrogens with one attached hydrogen (secondary N) is 3. The summed E-state index contributed by atoms with van der Waals surface area (Å²) < 4.78 is 5.72. The fourth-order valence-corrected chi connectivity index (χ4v) is 2.07. The van der Waals surface area contributed by atoms with Gasteiger partial charge in [-0.25, -0.2) is 0 Å². The molecule has 23 heavy (non-hydrogen) atoms. The van der Waals surface area contributed by atoms with E-state index in [1.54, 1.807) is 24.3 Å². The SMILES string of the molecule is O=C(CNC(=O)c1ccco1)NCC(=O)Nc1cccc(Br)c1. The van der Waals surface area contributed by atoms with Gasteiger partial charge in [0.2, 0.25) is 11.8 Å². The van der Waals surface area contributed by atoms with E-state index in [0.717, 1.165) is 4.47 Å². The molecule has 3 N–H and O–H groups in total. The van der Waals surface area contributed by atoms with Crippen molar-refractivity contribution in [1.29, 1.82) is 0 Å². The van der Waals surface area contributed by atoms with Gasteiger partial charge in [0, 0.05) is 10.2 Å². The van der Waals surface area contributed by atoms with Gasteiger partial charge in [-0.1, -0.05) is 22.0 Å². The second kappa shape index (κ2) is 8.14. The third kappa shape index (κ3) is 5.59. The summed E-state index contributed by atoms with van der Waals surface area (Å²) in [7, 11) is 0. The van der Waals surface area contributed by atoms with Gasteiger partial charge in [0.15, 0.2) is 5.76 Å². The Kier molecular flexibility index (Phi) is 5.93. The van der Waals surface area contributed by atoms with Crippen LogP contribution < -0.4 is 16.0 Å². The van der Waals surface area contributed by atoms with Crippen LogP contribution in [0.5, 0.6) is 0 Å². The van der Waals surface area contributed by atoms with Crippen LogP contribution in [0.15, 0.2) is 51.6 Å². The van der Waals surface area contributed by atoms with Crippen molar-refractivity contribution in [2.24, 2.45) is 0 Å². The average molecular weight is 380 g/mol. The van der Waals surface area contributed by atoms with Gasteiger partial charge < -0.3 is 20.4 Å². The maximum Gasteiger partial charge on any atom is 0.287 e. The van der Waals surface area contributed by atoms with Crippen LogP contribution in [0.2, 0.25) is 0 Å². The standard InChI is InChI=1S/C15H14BrN3O4/c16-10-3-1-4-11(7-10)19-14(21)9-17-13(20)8-18-15(22)12-5-2-6-23-12/h1-7H,8-9H2,(H,17,20)(H,18,22)(H,19,21). The van der Waals surface area contributed by atoms with Crippen molar-refractivity contribution in [2.75, 3.05) is 18.4 Å². The summed E-state index contributed by atoms with van der Waals surface area (Å²) in [5.74, 6) is -1.22. The van der Waals surface area contributed by atoms with Gasteiger partial charge in [0.25, 0.3) is 5.91 Å². The third-order valence-electron chi connectivity index (χ3n) is 2.71. The number of benzene rings is 1. The van der Waals surface area contributed by atoms with Gasteiger partial charge in [-0.15, -0.1) is 0 Å². The molecule has 0 atom stereocenters. The van der Waals surface area contributed by atoms with Crippen molar-refractivity contribution >= 4 is 39.3 Å². The zero-order valence-corrected chi connectivity index (χ0v) is 13.6. The lowest BCUT2D eigenvalue weighted by Gasteiger charge is -2.07. The lowest BCUT2D eigenvalue weighted by molar-refractivity contribution is -0.123. The highest BCUT2D eigenvalue weighted by molar-refractivity contribution is 9.10. The van der Waals surface area contributed by atoms with Crippen LogP contribution in [-0.4, -0.2) is 30.8 Å². The molecule has 0 spiro atoms. The number of hydrogen-bond acceptors (Lipinski definition) is 4. The molecule has 0 radical (unpaired) electrons. The number of rotatable bonds is 6. The molecule has 0 aliphatic rings. The predicted octanol–water partition coefficient (Wildman–Crippen LogP) is 1.53. The fourth-order valence-electron chi connectivity index (χ4n) is 1.67. The van der Waals surface area contributed by atoms with Gasteiger partial charge in [0.05, 0.1) is 19.4 Å². The van der Waals surface area contributed by atoms with E-state index < -0.39 is 11.8 Å². The fraction of sp³-hybridized carbons (Fsp3) is 0.133. The molecule has 2 aromatic rings. The molecule has 1 aromatic heterocycles. The number of amides is 3. The first-order valence-electron chi connectivity index (χ1n) is 6.68. The van der Waals surface area contributed by atoms with Crippen LogP contribution in [0, 0.1) is 0 Å². The number of anilines is 1. The van der Waals surface area contributed by atoms with Gasteiger partial charge in [-0.2, -0.15) is 0 Å². The monoisotopic (exact) mass is 379 g/mol. The summed E-state index contributed by atoms with van der Waals surface area (Å²) in [6.07, 6.45) is 1.36. The Balaban J connectivity index is 1.69. The lowest BCUT2D eigenvalue weighted by atomic mass is 10.3. The van der Waals surface area contributed by atoms with Crippen molar-refractivity contribution in [3.63, 3.8) is 0 Å². The van der Waals surface area contributed by atoms with E-state index in [1.807, 2.05) is 6.07 Å². The molecule has 0 unspecified atom stereocenters. The van der Waals surface area contributed by atoms with Crippen molar-refractivity contribution in [1.82, 2.24) is 10.6 Å². The molecule has 0 aliphatic carbocycles. The van der Waals surface area contributed by atoms with E-state index in [0.29, 0.717) is 5.69 Å². The molecule has 1 heterocycles. The lowest BCUT2D eigenvalue weighted by Crippen LogP contribution is -2.40. The Morgan fingerprint density at radius 2 is 1.78 bits per heavy atom. The first-order chi connectivity index (χ1) is 11.0. The van der Waals surface area contributed by atoms with Crippen LogP contribution >= 0.6 is 15.9 Å². The number of carbonyl (C=O) groups is 3. The largest absolute Gasteiger partial charge is 0.459 e. The second-order valence-electron chi connectivity index (χ2n) is 4.50. The van der Waals surface area contributed by atoms with Crippen LogP contribution in [0.1, 0.15) is 10.6 Å². The summed E-state index contributed by atoms with van der Waals surface area (Å²) in [6.45, 7) is -0.439. The normalized spacial score (nSPS) is 9.96. The number of hydrogen-bond donors (Lipinski definition) is 3. The summed E-state index contributed by atoms with van der Waals surface area (Å²) in [5.41, 5.74) is 0.616. The first-order valence-corrected chi connectivity index (χ1v) is 7.48. The predicted molar refractivity (Wildman–Crippen MR) is 86.8 cm³/mol. The number of carbonyl (C=O) groups excluding carboxylic acids is 3. The molecule has 2 rings (SSSR count). The molecule has 7 nitrogen and oxygen atoms in total. The van der Waals surface area contributed by atoms with Gasteiger partial charge in [-0.05, 0) is 30.3 Å². The molecule has 0 aliphatic heterocycles. The molecule has 0 bridgehead atoms. The molecular weight excluding hydrogens is 366 g/mol. The summed E-state index contributed by atoms with van der Waals surface area (Å²) >= 11 is 3.30. The Bertz CT molecular complexity index is 701. The molecule has 8 heteroatoms. The molecular formula is C15H14BrN3O4. The Hall–Kier alpha value is -2.61. The summed E-state index contributed by atoms with van der Waals surface area (Å²) in [5, 5.41) is 7.43. The van der Waals surface area contributed by atoms with Crippen LogP contribution in [0.4, 0.5) is 5.69 Å². The smallest absolute Gasteiger partial charge is 0.287 e. The summed E-state index contributed by atoms with van der Waals surface area (Å²) in [4.78, 5) is 34.8. The summed E-state index contributed by atoms with van der Waals surface area (Å²) in [6, 6.07) is 10.1. The van der Waals surface area contributed by atoms with E-state index in [-0.39, 0.29) is 24.8 Å². The van der Waals surface area contributed by atoms with Crippen molar-refractivity contribution in [3.05, 3.63) is 52.9 Å². The maximum atomic E-state index is 11.7. The Morgan fingerprint density at radius 1 is 1.00 bits per heavy atom. The van der Waals surface area contributed by atoms with E-state index in [9.17, 15) is 14.4 Å². The highest BCUT2D eigenvalue weighted by Gasteiger charge is 2.11. The Morgan fingerprint density at radius 3 is 2.48 bits per heavy atom. The minimum Gasteiger partial charge on any atom is -0.459 e. The highest BCUT2D eigenvalue weighted by Crippen LogP contribution is 2.15. The molecule has 120 valence electrons. The van der Waals surface area contributed by atoms with Crippen molar-refractivity contribution in [2.45, 2.75) is 0 Å². The van der Waals surface area contributed by atoms with Crippen molar-refractivity contribution < 1.29 is 18.8 Å². The maximum absolute atomic E-state index is 11.7. The minimum atomic E-state index is -0.497. The second-order valence-corrected chi connectivity index (χ2v) is 5.41. The highest BCUT2D eigenvalue weighted by atomic mass is 79.9. The van der Waals surface area contributed by atoms with Gasteiger partial charge in [-0.3, -0.25) is 14.4 Å². The number of halogens is 1. The van der Waals surface area contributed by atoms with E-state index in [4.69, 9.17) is 4.42 Å².